The van der Waals surface area contributed by atoms with Crippen LogP contribution in [0.25, 0.3) is 0 Å². The molecule has 1 unspecified atom stereocenters. The third-order valence-electron chi connectivity index (χ3n) is 1.02. The minimum Gasteiger partial charge on any atom is -0.410 e. The van der Waals surface area contributed by atoms with Gasteiger partial charge in [-0.1, -0.05) is 13.0 Å². The van der Waals surface area contributed by atoms with Gasteiger partial charge in [-0.2, -0.15) is 12.2 Å². The van der Waals surface area contributed by atoms with Gasteiger partial charge < -0.3 is 14.6 Å². The van der Waals surface area contributed by atoms with Crippen LogP contribution in [0.1, 0.15) is 6.92 Å². The Morgan fingerprint density at radius 2 is 2.40 bits per heavy atom. The van der Waals surface area contributed by atoms with Gasteiger partial charge in [-0.25, -0.2) is 0 Å². The summed E-state index contributed by atoms with van der Waals surface area (Å²) in [6, 6.07) is 0. The van der Waals surface area contributed by atoms with Gasteiger partial charge in [-0.05, 0) is 0 Å². The van der Waals surface area contributed by atoms with Crippen molar-refractivity contribution in [3.63, 3.8) is 0 Å². The van der Waals surface area contributed by atoms with Crippen LogP contribution < -0.4 is 0 Å². The van der Waals surface area contributed by atoms with E-state index in [9.17, 15) is 4.79 Å². The number of carbonyl (C=O) groups excluding carboxylic acids is 1. The molecule has 0 saturated carbocycles. The Morgan fingerprint density at radius 1 is 1.80 bits per heavy atom. The molecule has 1 aliphatic rings. The Hall–Kier alpha value is 0.304. The molecule has 1 N–H and O–H groups in total. The Morgan fingerprint density at radius 3 is 2.80 bits per heavy atom. The Balaban J connectivity index is 0.000000810. The third-order valence-corrected chi connectivity index (χ3v) is 1.02. The van der Waals surface area contributed by atoms with Crippen LogP contribution in [0.4, 0.5) is 0 Å². The van der Waals surface area contributed by atoms with Crippen molar-refractivity contribution in [2.75, 3.05) is 0 Å². The molecular formula is C6H7O3Y-. The number of hydrogen-bond acceptors (Lipinski definition) is 3. The van der Waals surface area contributed by atoms with Gasteiger partial charge in [0.05, 0.1) is 0 Å². The van der Waals surface area contributed by atoms with E-state index < -0.39 is 12.1 Å². The first-order valence-electron chi connectivity index (χ1n) is 2.60. The molecule has 1 radical (unpaired) electrons. The third kappa shape index (κ3) is 2.50. The molecule has 0 aromatic heterocycles. The minimum atomic E-state index is -1.28. The Labute approximate surface area is 84.3 Å². The van der Waals surface area contributed by atoms with E-state index >= 15 is 0 Å². The number of ether oxygens (including phenoxy) is 1. The fraction of sp³-hybridized carbons (Fsp3) is 0.333. The Kier molecular flexibility index (Phi) is 4.37. The largest absolute Gasteiger partial charge is 0.410 e. The molecule has 1 atom stereocenters. The number of hydrogen-bond donors (Lipinski definition) is 1. The van der Waals surface area contributed by atoms with Crippen LogP contribution in [0.2, 0.25) is 0 Å². The summed E-state index contributed by atoms with van der Waals surface area (Å²) in [7, 11) is 0. The molecule has 10 heavy (non-hydrogen) atoms. The zero-order valence-corrected chi connectivity index (χ0v) is 8.41. The van der Waals surface area contributed by atoms with E-state index in [4.69, 9.17) is 5.11 Å². The van der Waals surface area contributed by atoms with Crippen molar-refractivity contribution in [2.45, 2.75) is 13.2 Å². The molecule has 0 bridgehead atoms. The molecule has 1 rings (SSSR count). The Bertz CT molecular complexity index is 155. The molecule has 3 nitrogen and oxygen atoms in total. The molecule has 1 heterocycles. The summed E-state index contributed by atoms with van der Waals surface area (Å²) >= 11 is 0. The fourth-order valence-electron chi connectivity index (χ4n) is 0.555. The summed E-state index contributed by atoms with van der Waals surface area (Å²) in [4.78, 5) is 10.5. The second-order valence-electron chi connectivity index (χ2n) is 1.82. The van der Waals surface area contributed by atoms with Gasteiger partial charge in [-0.15, -0.1) is 0 Å². The topological polar surface area (TPSA) is 46.5 Å². The summed E-state index contributed by atoms with van der Waals surface area (Å²) in [5.41, 5.74) is 0. The van der Waals surface area contributed by atoms with E-state index in [-0.39, 0.29) is 32.7 Å². The van der Waals surface area contributed by atoms with E-state index in [1.807, 2.05) is 0 Å². The predicted octanol–water partition coefficient (Wildman–Crippen LogP) is 0.00969. The van der Waals surface area contributed by atoms with Gasteiger partial charge >= 0.3 is 0 Å². The van der Waals surface area contributed by atoms with E-state index in [0.717, 1.165) is 0 Å². The standard InChI is InChI=1S/C6H7O3.Y/c1-4-2-3-5(7)6(8)9-4;/h2-3,6,8H,1H3;/q-1;. The number of carbonyl (C=O) groups is 1. The van der Waals surface area contributed by atoms with Gasteiger partial charge in [-0.3, -0.25) is 0 Å². The minimum absolute atomic E-state index is 0. The summed E-state index contributed by atoms with van der Waals surface area (Å²) < 4.78 is 4.63. The van der Waals surface area contributed by atoms with Gasteiger partial charge in [0, 0.05) is 32.7 Å². The number of ketones is 1. The zero-order chi connectivity index (χ0) is 6.85. The van der Waals surface area contributed by atoms with Crippen molar-refractivity contribution in [3.05, 3.63) is 18.3 Å². The molecule has 0 aromatic carbocycles. The van der Waals surface area contributed by atoms with Crippen molar-refractivity contribution in [2.24, 2.45) is 0 Å². The SMILES string of the molecule is C[C-]1C=CC(=O)C(O)O1.[Y]. The average molecular weight is 216 g/mol. The van der Waals surface area contributed by atoms with Crippen LogP contribution >= 0.6 is 0 Å². The van der Waals surface area contributed by atoms with Crippen molar-refractivity contribution < 1.29 is 47.3 Å². The molecule has 0 amide bonds. The average Bonchev–Trinajstić information content (AvgIpc) is 1.80. The second-order valence-corrected chi connectivity index (χ2v) is 1.82. The molecular weight excluding hydrogens is 209 g/mol. The molecule has 0 saturated heterocycles. The van der Waals surface area contributed by atoms with Gasteiger partial charge in [0.2, 0.25) is 0 Å². The van der Waals surface area contributed by atoms with E-state index in [1.54, 1.807) is 6.92 Å². The van der Waals surface area contributed by atoms with E-state index in [0.29, 0.717) is 6.10 Å². The van der Waals surface area contributed by atoms with Crippen molar-refractivity contribution in [1.82, 2.24) is 0 Å². The van der Waals surface area contributed by atoms with E-state index in [1.165, 1.54) is 12.2 Å². The molecule has 53 valence electrons. The van der Waals surface area contributed by atoms with Crippen LogP contribution in [-0.2, 0) is 42.2 Å². The van der Waals surface area contributed by atoms with E-state index in [2.05, 4.69) is 4.74 Å². The van der Waals surface area contributed by atoms with Crippen molar-refractivity contribution in [1.29, 1.82) is 0 Å². The van der Waals surface area contributed by atoms with Crippen LogP contribution in [0.3, 0.4) is 0 Å². The molecule has 0 aliphatic carbocycles. The van der Waals surface area contributed by atoms with Crippen LogP contribution in [0, 0.1) is 6.10 Å². The summed E-state index contributed by atoms with van der Waals surface area (Å²) in [6.45, 7) is 1.67. The smallest absolute Gasteiger partial charge is 0.189 e. The zero-order valence-electron chi connectivity index (χ0n) is 5.57. The second kappa shape index (κ2) is 4.24. The normalized spacial score (nSPS) is 24.4. The maximum atomic E-state index is 10.5. The maximum absolute atomic E-state index is 10.5. The van der Waals surface area contributed by atoms with Crippen LogP contribution in [0.15, 0.2) is 12.2 Å². The maximum Gasteiger partial charge on any atom is 0.189 e. The van der Waals surface area contributed by atoms with Crippen LogP contribution in [0.5, 0.6) is 0 Å². The number of rotatable bonds is 0. The summed E-state index contributed by atoms with van der Waals surface area (Å²) in [5.74, 6) is -0.402. The first-order chi connectivity index (χ1) is 4.20. The first kappa shape index (κ1) is 10.3. The van der Waals surface area contributed by atoms with Gasteiger partial charge in [0.15, 0.2) is 6.29 Å². The number of aliphatic hydroxyl groups excluding tert-OH is 1. The molecule has 1 aliphatic heterocycles. The van der Waals surface area contributed by atoms with Gasteiger partial charge in [0.1, 0.15) is 5.78 Å². The number of aliphatic hydroxyl groups is 1. The molecule has 0 fully saturated rings. The van der Waals surface area contributed by atoms with Crippen molar-refractivity contribution in [3.8, 4) is 0 Å². The first-order valence-corrected chi connectivity index (χ1v) is 2.60. The quantitative estimate of drug-likeness (QED) is 0.580. The van der Waals surface area contributed by atoms with Gasteiger partial charge in [0.25, 0.3) is 0 Å². The molecule has 4 heteroatoms. The van der Waals surface area contributed by atoms with Crippen LogP contribution in [-0.4, -0.2) is 17.2 Å². The summed E-state index contributed by atoms with van der Waals surface area (Å²) in [6.07, 6.45) is 2.09. The monoisotopic (exact) mass is 216 g/mol. The molecule has 0 spiro atoms. The molecule has 0 aromatic rings. The summed E-state index contributed by atoms with van der Waals surface area (Å²) in [5, 5.41) is 8.70. The predicted molar refractivity (Wildman–Crippen MR) is 30.2 cm³/mol. The van der Waals surface area contributed by atoms with Crippen molar-refractivity contribution >= 4 is 5.78 Å². The fourth-order valence-corrected chi connectivity index (χ4v) is 0.555.